The Morgan fingerprint density at radius 1 is 0.929 bits per heavy atom. The third-order valence-corrected chi connectivity index (χ3v) is 4.17. The normalized spacial score (nSPS) is 10.3. The fourth-order valence-electron chi connectivity index (χ4n) is 2.71. The molecule has 1 heterocycles. The van der Waals surface area contributed by atoms with Gasteiger partial charge in [-0.15, -0.1) is 0 Å². The molecule has 0 aliphatic heterocycles. The van der Waals surface area contributed by atoms with Crippen LogP contribution in [0.25, 0.3) is 0 Å². The van der Waals surface area contributed by atoms with Gasteiger partial charge in [-0.25, -0.2) is 0 Å². The number of carbonyl (C=O) groups is 2. The molecule has 0 aliphatic rings. The number of aryl methyl sites for hydroxylation is 1. The standard InChI is InChI=1S/C22H21N3O3/c1-16-7-12-21(27)25(14-16)15-20(26)24-19-10-8-18(9-11-19)22(28)23-13-17-5-3-2-4-6-17/h2-12,14H,13,15H2,1H3,(H,23,28)(H,24,26). The Hall–Kier alpha value is -3.67. The van der Waals surface area contributed by atoms with E-state index in [1.165, 1.54) is 10.6 Å². The van der Waals surface area contributed by atoms with Crippen LogP contribution in [-0.2, 0) is 17.9 Å². The van der Waals surface area contributed by atoms with Crippen molar-refractivity contribution in [3.8, 4) is 0 Å². The fraction of sp³-hybridized carbons (Fsp3) is 0.136. The molecule has 0 aliphatic carbocycles. The molecule has 0 fully saturated rings. The number of benzene rings is 2. The molecular formula is C22H21N3O3. The van der Waals surface area contributed by atoms with Crippen molar-refractivity contribution in [2.45, 2.75) is 20.0 Å². The van der Waals surface area contributed by atoms with Crippen molar-refractivity contribution in [1.29, 1.82) is 0 Å². The summed E-state index contributed by atoms with van der Waals surface area (Å²) in [5.41, 5.74) is 2.75. The fourth-order valence-corrected chi connectivity index (χ4v) is 2.71. The topological polar surface area (TPSA) is 80.2 Å². The van der Waals surface area contributed by atoms with Gasteiger partial charge in [-0.2, -0.15) is 0 Å². The van der Waals surface area contributed by atoms with Crippen molar-refractivity contribution < 1.29 is 9.59 Å². The highest BCUT2D eigenvalue weighted by Crippen LogP contribution is 2.10. The Morgan fingerprint density at radius 2 is 1.64 bits per heavy atom. The van der Waals surface area contributed by atoms with Gasteiger partial charge in [0, 0.05) is 30.1 Å². The number of hydrogen-bond acceptors (Lipinski definition) is 3. The maximum absolute atomic E-state index is 12.2. The van der Waals surface area contributed by atoms with E-state index in [2.05, 4.69) is 10.6 Å². The van der Waals surface area contributed by atoms with Crippen LogP contribution in [0.5, 0.6) is 0 Å². The lowest BCUT2D eigenvalue weighted by molar-refractivity contribution is -0.116. The van der Waals surface area contributed by atoms with Gasteiger partial charge in [0.1, 0.15) is 6.54 Å². The molecule has 6 heteroatoms. The van der Waals surface area contributed by atoms with E-state index in [4.69, 9.17) is 0 Å². The summed E-state index contributed by atoms with van der Waals surface area (Å²) >= 11 is 0. The van der Waals surface area contributed by atoms with Gasteiger partial charge >= 0.3 is 0 Å². The zero-order chi connectivity index (χ0) is 19.9. The van der Waals surface area contributed by atoms with Gasteiger partial charge in [0.2, 0.25) is 5.91 Å². The van der Waals surface area contributed by atoms with Crippen molar-refractivity contribution >= 4 is 17.5 Å². The smallest absolute Gasteiger partial charge is 0.251 e. The first-order valence-corrected chi connectivity index (χ1v) is 8.90. The first-order valence-electron chi connectivity index (χ1n) is 8.90. The van der Waals surface area contributed by atoms with E-state index in [1.54, 1.807) is 36.5 Å². The molecule has 0 saturated heterocycles. The molecule has 2 amide bonds. The molecule has 28 heavy (non-hydrogen) atoms. The van der Waals surface area contributed by atoms with Crippen LogP contribution < -0.4 is 16.2 Å². The van der Waals surface area contributed by atoms with Gasteiger partial charge in [-0.1, -0.05) is 36.4 Å². The summed E-state index contributed by atoms with van der Waals surface area (Å²) < 4.78 is 1.36. The highest BCUT2D eigenvalue weighted by Gasteiger charge is 2.08. The molecule has 0 radical (unpaired) electrons. The van der Waals surface area contributed by atoms with Crippen molar-refractivity contribution in [2.24, 2.45) is 0 Å². The minimum absolute atomic E-state index is 0.0696. The van der Waals surface area contributed by atoms with Crippen LogP contribution in [0.4, 0.5) is 5.69 Å². The lowest BCUT2D eigenvalue weighted by Gasteiger charge is -2.09. The van der Waals surface area contributed by atoms with E-state index in [1.807, 2.05) is 37.3 Å². The molecule has 142 valence electrons. The summed E-state index contributed by atoms with van der Waals surface area (Å²) in [5, 5.41) is 5.59. The molecule has 2 aromatic carbocycles. The number of amides is 2. The van der Waals surface area contributed by atoms with E-state index in [-0.39, 0.29) is 23.9 Å². The summed E-state index contributed by atoms with van der Waals surface area (Å²) in [6.07, 6.45) is 1.64. The van der Waals surface area contributed by atoms with E-state index in [0.717, 1.165) is 11.1 Å². The Kier molecular flexibility index (Phi) is 6.01. The highest BCUT2D eigenvalue weighted by molar-refractivity contribution is 5.95. The highest BCUT2D eigenvalue weighted by atomic mass is 16.2. The van der Waals surface area contributed by atoms with Gasteiger partial charge in [-0.05, 0) is 42.3 Å². The maximum atomic E-state index is 12.2. The lowest BCUT2D eigenvalue weighted by Crippen LogP contribution is -2.27. The van der Waals surface area contributed by atoms with Crippen LogP contribution in [-0.4, -0.2) is 16.4 Å². The number of hydrogen-bond donors (Lipinski definition) is 2. The Balaban J connectivity index is 1.56. The summed E-state index contributed by atoms with van der Waals surface area (Å²) in [6, 6.07) is 19.4. The van der Waals surface area contributed by atoms with Crippen molar-refractivity contribution in [3.63, 3.8) is 0 Å². The van der Waals surface area contributed by atoms with Crippen molar-refractivity contribution in [1.82, 2.24) is 9.88 Å². The van der Waals surface area contributed by atoms with E-state index >= 15 is 0 Å². The molecule has 3 aromatic rings. The van der Waals surface area contributed by atoms with E-state index in [9.17, 15) is 14.4 Å². The van der Waals surface area contributed by atoms with Gasteiger partial charge in [0.25, 0.3) is 11.5 Å². The number of rotatable bonds is 6. The van der Waals surface area contributed by atoms with Gasteiger partial charge in [-0.3, -0.25) is 14.4 Å². The third kappa shape index (κ3) is 5.17. The number of nitrogens with one attached hydrogen (secondary N) is 2. The van der Waals surface area contributed by atoms with Crippen LogP contribution in [0.3, 0.4) is 0 Å². The number of aromatic nitrogens is 1. The molecule has 2 N–H and O–H groups in total. The van der Waals surface area contributed by atoms with Crippen molar-refractivity contribution in [2.75, 3.05) is 5.32 Å². The molecule has 0 spiro atoms. The average Bonchev–Trinajstić information content (AvgIpc) is 2.70. The van der Waals surface area contributed by atoms with Gasteiger partial charge in [0.05, 0.1) is 0 Å². The number of pyridine rings is 1. The minimum atomic E-state index is -0.311. The summed E-state index contributed by atoms with van der Waals surface area (Å²) in [6.45, 7) is 2.23. The average molecular weight is 375 g/mol. The zero-order valence-corrected chi connectivity index (χ0v) is 15.5. The molecule has 0 saturated carbocycles. The number of anilines is 1. The van der Waals surface area contributed by atoms with E-state index in [0.29, 0.717) is 17.8 Å². The summed E-state index contributed by atoms with van der Waals surface area (Å²) in [7, 11) is 0. The molecule has 1 aromatic heterocycles. The molecule has 0 bridgehead atoms. The maximum Gasteiger partial charge on any atom is 0.251 e. The predicted octanol–water partition coefficient (Wildman–Crippen LogP) is 2.73. The van der Waals surface area contributed by atoms with Crippen LogP contribution in [0.15, 0.2) is 77.7 Å². The second-order valence-electron chi connectivity index (χ2n) is 6.47. The van der Waals surface area contributed by atoms with Crippen LogP contribution >= 0.6 is 0 Å². The number of nitrogens with zero attached hydrogens (tertiary/aromatic N) is 1. The predicted molar refractivity (Wildman–Crippen MR) is 108 cm³/mol. The first-order chi connectivity index (χ1) is 13.5. The molecule has 0 atom stereocenters. The SMILES string of the molecule is Cc1ccc(=O)n(CC(=O)Nc2ccc(C(=O)NCc3ccccc3)cc2)c1. The molecule has 6 nitrogen and oxygen atoms in total. The molecule has 0 unspecified atom stereocenters. The monoisotopic (exact) mass is 375 g/mol. The molecule has 3 rings (SSSR count). The van der Waals surface area contributed by atoms with Crippen LogP contribution in [0.1, 0.15) is 21.5 Å². The zero-order valence-electron chi connectivity index (χ0n) is 15.5. The van der Waals surface area contributed by atoms with Gasteiger partial charge < -0.3 is 15.2 Å². The Bertz CT molecular complexity index is 1020. The van der Waals surface area contributed by atoms with Crippen molar-refractivity contribution in [3.05, 3.63) is 100.0 Å². The lowest BCUT2D eigenvalue weighted by atomic mass is 10.1. The Morgan fingerprint density at radius 3 is 2.36 bits per heavy atom. The van der Waals surface area contributed by atoms with E-state index < -0.39 is 0 Å². The largest absolute Gasteiger partial charge is 0.348 e. The first kappa shape index (κ1) is 19.1. The third-order valence-electron chi connectivity index (χ3n) is 4.17. The second kappa shape index (κ2) is 8.81. The van der Waals surface area contributed by atoms with Gasteiger partial charge in [0.15, 0.2) is 0 Å². The quantitative estimate of drug-likeness (QED) is 0.695. The minimum Gasteiger partial charge on any atom is -0.348 e. The van der Waals surface area contributed by atoms with Crippen LogP contribution in [0.2, 0.25) is 0 Å². The summed E-state index contributed by atoms with van der Waals surface area (Å²) in [5.74, 6) is -0.498. The second-order valence-corrected chi connectivity index (χ2v) is 6.47. The number of carbonyl (C=O) groups excluding carboxylic acids is 2. The van der Waals surface area contributed by atoms with Crippen LogP contribution in [0, 0.1) is 6.92 Å². The summed E-state index contributed by atoms with van der Waals surface area (Å²) in [4.78, 5) is 36.2. The molecular weight excluding hydrogens is 354 g/mol. The Labute approximate surface area is 162 Å².